The van der Waals surface area contributed by atoms with Crippen LogP contribution in [0.25, 0.3) is 11.0 Å². The molecule has 0 unspecified atom stereocenters. The Morgan fingerprint density at radius 3 is 2.44 bits per heavy atom. The average molecular weight is 464 g/mol. The molecule has 0 saturated carbocycles. The van der Waals surface area contributed by atoms with E-state index in [9.17, 15) is 13.5 Å². The Hall–Kier alpha value is -2.75. The van der Waals surface area contributed by atoms with Crippen LogP contribution in [0, 0.1) is 5.92 Å². The Balaban J connectivity index is 1.74. The van der Waals surface area contributed by atoms with Crippen molar-refractivity contribution in [1.29, 1.82) is 0 Å². The first-order valence-corrected chi connectivity index (χ1v) is 11.7. The van der Waals surface area contributed by atoms with Gasteiger partial charge in [0, 0.05) is 24.5 Å². The number of aliphatic hydroxyl groups excluding tert-OH is 1. The molecule has 3 aromatic rings. The molecular weight excluding hydrogens is 434 g/mol. The van der Waals surface area contributed by atoms with E-state index in [0.717, 1.165) is 11.0 Å². The van der Waals surface area contributed by atoms with Crippen molar-refractivity contribution in [3.8, 4) is 17.2 Å². The Labute approximate surface area is 188 Å². The highest BCUT2D eigenvalue weighted by atomic mass is 32.2. The maximum atomic E-state index is 13.3. The first kappa shape index (κ1) is 23.9. The monoisotopic (exact) mass is 463 g/mol. The van der Waals surface area contributed by atoms with Crippen LogP contribution < -0.4 is 14.2 Å². The number of sulfonamides is 1. The fraction of sp³-hybridized carbons (Fsp3) is 0.391. The molecule has 0 radical (unpaired) electrons. The zero-order chi connectivity index (χ0) is 23.3. The zero-order valence-corrected chi connectivity index (χ0v) is 19.5. The molecule has 1 heterocycles. The number of nitrogens with zero attached hydrogens (tertiary/aromatic N) is 1. The molecule has 8 nitrogen and oxygen atoms in total. The number of rotatable bonds is 11. The fourth-order valence-corrected chi connectivity index (χ4v) is 4.98. The van der Waals surface area contributed by atoms with Crippen LogP contribution in [-0.2, 0) is 10.0 Å². The number of furan rings is 1. The van der Waals surface area contributed by atoms with Gasteiger partial charge >= 0.3 is 0 Å². The number of methoxy groups -OCH3 is 2. The van der Waals surface area contributed by atoms with Crippen molar-refractivity contribution in [1.82, 2.24) is 4.31 Å². The molecule has 1 aromatic heterocycles. The molecular formula is C23H29NO7S. The topological polar surface area (TPSA) is 98.4 Å². The number of ether oxygens (including phenoxy) is 3. The van der Waals surface area contributed by atoms with Gasteiger partial charge in [0.15, 0.2) is 11.5 Å². The lowest BCUT2D eigenvalue weighted by molar-refractivity contribution is 0.0873. The Morgan fingerprint density at radius 1 is 1.00 bits per heavy atom. The molecule has 0 amide bonds. The van der Waals surface area contributed by atoms with Gasteiger partial charge < -0.3 is 23.7 Å². The third kappa shape index (κ3) is 5.53. The first-order chi connectivity index (χ1) is 15.2. The average Bonchev–Trinajstić information content (AvgIpc) is 3.24. The van der Waals surface area contributed by atoms with Crippen LogP contribution in [0.3, 0.4) is 0 Å². The molecule has 0 saturated heterocycles. The van der Waals surface area contributed by atoms with E-state index in [2.05, 4.69) is 0 Å². The van der Waals surface area contributed by atoms with E-state index in [-0.39, 0.29) is 30.5 Å². The number of fused-ring (bicyclic) bond motifs is 1. The SMILES string of the molecule is COc1ccc(S(=O)(=O)N(CC(C)C)C[C@@H](O)COc2ccc3occc3c2)cc1OC. The van der Waals surface area contributed by atoms with Gasteiger partial charge in [0.2, 0.25) is 10.0 Å². The minimum atomic E-state index is -3.88. The molecule has 2 aromatic carbocycles. The van der Waals surface area contributed by atoms with E-state index in [1.165, 1.54) is 30.7 Å². The first-order valence-electron chi connectivity index (χ1n) is 10.2. The predicted molar refractivity (Wildman–Crippen MR) is 121 cm³/mol. The van der Waals surface area contributed by atoms with Crippen molar-refractivity contribution >= 4 is 21.0 Å². The van der Waals surface area contributed by atoms with Crippen LogP contribution in [-0.4, -0.2) is 57.8 Å². The number of hydrogen-bond acceptors (Lipinski definition) is 7. The molecule has 0 aliphatic carbocycles. The van der Waals surface area contributed by atoms with E-state index in [1.807, 2.05) is 19.9 Å². The van der Waals surface area contributed by atoms with Crippen LogP contribution in [0.2, 0.25) is 0 Å². The van der Waals surface area contributed by atoms with Crippen molar-refractivity contribution in [2.45, 2.75) is 24.8 Å². The summed E-state index contributed by atoms with van der Waals surface area (Å²) in [5.74, 6) is 1.37. The second kappa shape index (κ2) is 10.2. The second-order valence-electron chi connectivity index (χ2n) is 7.82. The zero-order valence-electron chi connectivity index (χ0n) is 18.6. The Morgan fingerprint density at radius 2 is 1.75 bits per heavy atom. The molecule has 0 fully saturated rings. The maximum Gasteiger partial charge on any atom is 0.243 e. The summed E-state index contributed by atoms with van der Waals surface area (Å²) < 4.78 is 49.4. The Kier molecular flexibility index (Phi) is 7.65. The fourth-order valence-electron chi connectivity index (χ4n) is 3.32. The lowest BCUT2D eigenvalue weighted by atomic mass is 10.2. The highest BCUT2D eigenvalue weighted by Crippen LogP contribution is 2.31. The van der Waals surface area contributed by atoms with Crippen LogP contribution in [0.5, 0.6) is 17.2 Å². The van der Waals surface area contributed by atoms with Crippen molar-refractivity contribution in [2.24, 2.45) is 5.92 Å². The van der Waals surface area contributed by atoms with Crippen molar-refractivity contribution < 1.29 is 32.2 Å². The Bertz CT molecular complexity index is 1140. The van der Waals surface area contributed by atoms with Crippen molar-refractivity contribution in [3.05, 3.63) is 48.7 Å². The summed E-state index contributed by atoms with van der Waals surface area (Å²) in [7, 11) is -0.953. The predicted octanol–water partition coefficient (Wildman–Crippen LogP) is 3.54. The quantitative estimate of drug-likeness (QED) is 0.464. The van der Waals surface area contributed by atoms with Gasteiger partial charge in [0.05, 0.1) is 25.4 Å². The minimum Gasteiger partial charge on any atom is -0.493 e. The summed E-state index contributed by atoms with van der Waals surface area (Å²) in [4.78, 5) is 0.0642. The summed E-state index contributed by atoms with van der Waals surface area (Å²) in [5, 5.41) is 11.4. The van der Waals surface area contributed by atoms with Crippen LogP contribution in [0.1, 0.15) is 13.8 Å². The van der Waals surface area contributed by atoms with Crippen molar-refractivity contribution in [3.63, 3.8) is 0 Å². The molecule has 9 heteroatoms. The van der Waals surface area contributed by atoms with Gasteiger partial charge in [-0.2, -0.15) is 4.31 Å². The van der Waals surface area contributed by atoms with E-state index in [4.69, 9.17) is 18.6 Å². The van der Waals surface area contributed by atoms with E-state index in [0.29, 0.717) is 17.2 Å². The van der Waals surface area contributed by atoms with Crippen LogP contribution >= 0.6 is 0 Å². The van der Waals surface area contributed by atoms with Gasteiger partial charge in [0.1, 0.15) is 24.0 Å². The number of hydrogen-bond donors (Lipinski definition) is 1. The van der Waals surface area contributed by atoms with Gasteiger partial charge in [-0.3, -0.25) is 0 Å². The standard InChI is InChI=1S/C23H29NO7S/c1-16(2)13-24(32(26,27)20-6-8-22(28-3)23(12-20)29-4)14-18(25)15-31-19-5-7-21-17(11-19)9-10-30-21/h5-12,16,18,25H,13-15H2,1-4H3/t18-/m1/s1. The molecule has 1 atom stereocenters. The summed E-state index contributed by atoms with van der Waals surface area (Å²) in [6.45, 7) is 3.91. The molecule has 0 aliphatic rings. The normalized spacial score (nSPS) is 13.0. The third-order valence-corrected chi connectivity index (χ3v) is 6.67. The molecule has 3 rings (SSSR count). The van der Waals surface area contributed by atoms with Gasteiger partial charge in [-0.25, -0.2) is 8.42 Å². The van der Waals surface area contributed by atoms with E-state index < -0.39 is 16.1 Å². The maximum absolute atomic E-state index is 13.3. The number of aliphatic hydroxyl groups is 1. The molecule has 1 N–H and O–H groups in total. The largest absolute Gasteiger partial charge is 0.493 e. The minimum absolute atomic E-state index is 0.0561. The van der Waals surface area contributed by atoms with E-state index >= 15 is 0 Å². The van der Waals surface area contributed by atoms with E-state index in [1.54, 1.807) is 30.5 Å². The van der Waals surface area contributed by atoms with Gasteiger partial charge in [-0.05, 0) is 42.3 Å². The number of benzene rings is 2. The van der Waals surface area contributed by atoms with Crippen LogP contribution in [0.4, 0.5) is 0 Å². The molecule has 174 valence electrons. The molecule has 32 heavy (non-hydrogen) atoms. The highest BCUT2D eigenvalue weighted by Gasteiger charge is 2.28. The summed E-state index contributed by atoms with van der Waals surface area (Å²) in [6.07, 6.45) is 0.565. The summed E-state index contributed by atoms with van der Waals surface area (Å²) in [5.41, 5.74) is 0.738. The van der Waals surface area contributed by atoms with Crippen molar-refractivity contribution in [2.75, 3.05) is 33.9 Å². The second-order valence-corrected chi connectivity index (χ2v) is 9.76. The third-order valence-electron chi connectivity index (χ3n) is 4.84. The summed E-state index contributed by atoms with van der Waals surface area (Å²) >= 11 is 0. The molecule has 0 bridgehead atoms. The highest BCUT2D eigenvalue weighted by molar-refractivity contribution is 7.89. The summed E-state index contributed by atoms with van der Waals surface area (Å²) in [6, 6.07) is 11.6. The lowest BCUT2D eigenvalue weighted by Gasteiger charge is -2.26. The van der Waals surface area contributed by atoms with Gasteiger partial charge in [-0.1, -0.05) is 13.8 Å². The van der Waals surface area contributed by atoms with Gasteiger partial charge in [-0.15, -0.1) is 0 Å². The van der Waals surface area contributed by atoms with Crippen LogP contribution in [0.15, 0.2) is 58.0 Å². The molecule has 0 spiro atoms. The lowest BCUT2D eigenvalue weighted by Crippen LogP contribution is -2.41. The van der Waals surface area contributed by atoms with Gasteiger partial charge in [0.25, 0.3) is 0 Å². The smallest absolute Gasteiger partial charge is 0.243 e. The molecule has 0 aliphatic heterocycles.